The minimum absolute atomic E-state index is 0.0848. The predicted molar refractivity (Wildman–Crippen MR) is 117 cm³/mol. The van der Waals surface area contributed by atoms with Crippen LogP contribution in [0.3, 0.4) is 0 Å². The van der Waals surface area contributed by atoms with Gasteiger partial charge in [0.1, 0.15) is 11.5 Å². The number of amides is 1. The molecule has 3 aromatic heterocycles. The van der Waals surface area contributed by atoms with E-state index in [9.17, 15) is 9.90 Å². The predicted octanol–water partition coefficient (Wildman–Crippen LogP) is 1.66. The quantitative estimate of drug-likeness (QED) is 0.467. The molecule has 1 atom stereocenters. The SMILES string of the molecule is Cc1cc(C(C)(O)C#Cc2ccc3c(C(=O)N(C)C)nn(-c4ccnc(N)n4)c3c2)no1. The fourth-order valence-corrected chi connectivity index (χ4v) is 3.07. The summed E-state index contributed by atoms with van der Waals surface area (Å²) < 4.78 is 6.55. The second-order valence-corrected chi connectivity index (χ2v) is 7.61. The van der Waals surface area contributed by atoms with Crippen molar-refractivity contribution < 1.29 is 14.4 Å². The van der Waals surface area contributed by atoms with Crippen molar-refractivity contribution >= 4 is 22.8 Å². The standard InChI is InChI=1S/C22H21N7O3/c1-13-11-17(27-32-13)22(2,31)9-7-14-5-6-15-16(12-14)29(18-8-10-24-21(23)25-18)26-19(15)20(30)28(3)4/h5-6,8,10-12,31H,1-4H3,(H2,23,24,25). The molecule has 4 rings (SSSR count). The van der Waals surface area contributed by atoms with Crippen LogP contribution in [0, 0.1) is 18.8 Å². The summed E-state index contributed by atoms with van der Waals surface area (Å²) >= 11 is 0. The molecule has 0 bridgehead atoms. The molecule has 162 valence electrons. The third-order valence-corrected chi connectivity index (χ3v) is 4.74. The molecule has 0 saturated carbocycles. The van der Waals surface area contributed by atoms with Crippen LogP contribution in [-0.2, 0) is 5.60 Å². The third-order valence-electron chi connectivity index (χ3n) is 4.74. The van der Waals surface area contributed by atoms with Crippen LogP contribution in [0.2, 0.25) is 0 Å². The van der Waals surface area contributed by atoms with Crippen LogP contribution in [0.5, 0.6) is 0 Å². The number of aromatic nitrogens is 5. The summed E-state index contributed by atoms with van der Waals surface area (Å²) in [7, 11) is 3.31. The molecule has 0 spiro atoms. The number of nitrogen functional groups attached to an aromatic ring is 1. The van der Waals surface area contributed by atoms with Gasteiger partial charge in [-0.1, -0.05) is 17.0 Å². The zero-order valence-corrected chi connectivity index (χ0v) is 18.0. The number of rotatable bonds is 3. The molecule has 0 radical (unpaired) electrons. The number of fused-ring (bicyclic) bond motifs is 1. The Kier molecular flexibility index (Phi) is 5.12. The molecule has 1 amide bonds. The van der Waals surface area contributed by atoms with Crippen molar-refractivity contribution in [1.29, 1.82) is 0 Å². The number of hydrogen-bond donors (Lipinski definition) is 2. The van der Waals surface area contributed by atoms with Gasteiger partial charge in [0.05, 0.1) is 5.52 Å². The Labute approximate surface area is 183 Å². The lowest BCUT2D eigenvalue weighted by molar-refractivity contribution is 0.0823. The highest BCUT2D eigenvalue weighted by Gasteiger charge is 2.25. The van der Waals surface area contributed by atoms with Gasteiger partial charge in [-0.05, 0) is 32.0 Å². The monoisotopic (exact) mass is 431 g/mol. The number of anilines is 1. The summed E-state index contributed by atoms with van der Waals surface area (Å²) in [4.78, 5) is 22.3. The van der Waals surface area contributed by atoms with Crippen molar-refractivity contribution in [2.75, 3.05) is 19.8 Å². The van der Waals surface area contributed by atoms with Gasteiger partial charge in [0.2, 0.25) is 5.95 Å². The first-order chi connectivity index (χ1) is 15.2. The van der Waals surface area contributed by atoms with Crippen molar-refractivity contribution in [3.63, 3.8) is 0 Å². The van der Waals surface area contributed by atoms with Crippen molar-refractivity contribution in [3.8, 4) is 17.7 Å². The first-order valence-electron chi connectivity index (χ1n) is 9.68. The van der Waals surface area contributed by atoms with Crippen LogP contribution < -0.4 is 5.73 Å². The Balaban J connectivity index is 1.84. The third kappa shape index (κ3) is 3.89. The summed E-state index contributed by atoms with van der Waals surface area (Å²) in [6, 6.07) is 8.56. The van der Waals surface area contributed by atoms with Crippen molar-refractivity contribution in [2.24, 2.45) is 0 Å². The smallest absolute Gasteiger partial charge is 0.274 e. The lowest BCUT2D eigenvalue weighted by atomic mass is 10.0. The van der Waals surface area contributed by atoms with Gasteiger partial charge >= 0.3 is 0 Å². The van der Waals surface area contributed by atoms with Crippen LogP contribution in [0.15, 0.2) is 41.1 Å². The normalized spacial score (nSPS) is 12.8. The highest BCUT2D eigenvalue weighted by molar-refractivity contribution is 6.05. The average molecular weight is 431 g/mol. The van der Waals surface area contributed by atoms with Gasteiger partial charge in [0.15, 0.2) is 17.1 Å². The van der Waals surface area contributed by atoms with Crippen molar-refractivity contribution in [1.82, 2.24) is 29.8 Å². The number of nitrogens with two attached hydrogens (primary N) is 1. The second-order valence-electron chi connectivity index (χ2n) is 7.61. The molecule has 32 heavy (non-hydrogen) atoms. The molecular weight excluding hydrogens is 410 g/mol. The number of aliphatic hydroxyl groups is 1. The van der Waals surface area contributed by atoms with Gasteiger partial charge in [-0.15, -0.1) is 0 Å². The number of aryl methyl sites for hydroxylation is 1. The molecule has 10 nitrogen and oxygen atoms in total. The van der Waals surface area contributed by atoms with Gasteiger partial charge in [0, 0.05) is 43.4 Å². The molecule has 0 saturated heterocycles. The molecule has 1 unspecified atom stereocenters. The molecule has 0 fully saturated rings. The van der Waals surface area contributed by atoms with Crippen LogP contribution in [0.4, 0.5) is 5.95 Å². The summed E-state index contributed by atoms with van der Waals surface area (Å²) in [6.07, 6.45) is 1.51. The van der Waals surface area contributed by atoms with E-state index in [0.29, 0.717) is 33.7 Å². The molecule has 10 heteroatoms. The minimum atomic E-state index is -1.50. The Bertz CT molecular complexity index is 1390. The molecule has 1 aromatic carbocycles. The second kappa shape index (κ2) is 7.79. The summed E-state index contributed by atoms with van der Waals surface area (Å²) in [5.41, 5.74) is 6.04. The topological polar surface area (TPSA) is 136 Å². The maximum atomic E-state index is 12.7. The number of carbonyl (C=O) groups is 1. The Morgan fingerprint density at radius 3 is 2.72 bits per heavy atom. The van der Waals surface area contributed by atoms with Gasteiger partial charge < -0.3 is 20.3 Å². The molecule has 4 aromatic rings. The van der Waals surface area contributed by atoms with E-state index in [1.165, 1.54) is 22.7 Å². The minimum Gasteiger partial charge on any atom is -0.372 e. The van der Waals surface area contributed by atoms with Crippen LogP contribution in [0.1, 0.15) is 34.4 Å². The first-order valence-corrected chi connectivity index (χ1v) is 9.68. The molecule has 3 N–H and O–H groups in total. The van der Waals surface area contributed by atoms with Gasteiger partial charge in [0.25, 0.3) is 5.91 Å². The first kappa shape index (κ1) is 21.0. The van der Waals surface area contributed by atoms with Crippen LogP contribution in [0.25, 0.3) is 16.7 Å². The van der Waals surface area contributed by atoms with Crippen LogP contribution in [-0.4, -0.2) is 54.9 Å². The van der Waals surface area contributed by atoms with E-state index < -0.39 is 5.60 Å². The maximum Gasteiger partial charge on any atom is 0.274 e. The van der Waals surface area contributed by atoms with Gasteiger partial charge in [-0.25, -0.2) is 9.67 Å². The summed E-state index contributed by atoms with van der Waals surface area (Å²) in [5, 5.41) is 19.6. The van der Waals surface area contributed by atoms with Gasteiger partial charge in [-0.2, -0.15) is 10.1 Å². The highest BCUT2D eigenvalue weighted by Crippen LogP contribution is 2.24. The van der Waals surface area contributed by atoms with Crippen molar-refractivity contribution in [3.05, 3.63) is 59.2 Å². The van der Waals surface area contributed by atoms with E-state index in [1.54, 1.807) is 51.4 Å². The zero-order chi connectivity index (χ0) is 23.0. The van der Waals surface area contributed by atoms with Crippen LogP contribution >= 0.6 is 0 Å². The van der Waals surface area contributed by atoms with E-state index >= 15 is 0 Å². The molecule has 0 aliphatic heterocycles. The maximum absolute atomic E-state index is 12.7. The van der Waals surface area contributed by atoms with E-state index in [-0.39, 0.29) is 17.5 Å². The summed E-state index contributed by atoms with van der Waals surface area (Å²) in [5.74, 6) is 6.60. The Hall–Kier alpha value is -4.23. The molecule has 3 heterocycles. The van der Waals surface area contributed by atoms with E-state index in [4.69, 9.17) is 10.3 Å². The number of nitrogens with zero attached hydrogens (tertiary/aromatic N) is 6. The number of benzene rings is 1. The zero-order valence-electron chi connectivity index (χ0n) is 18.0. The van der Waals surface area contributed by atoms with Crippen molar-refractivity contribution in [2.45, 2.75) is 19.4 Å². The molecular formula is C22H21N7O3. The van der Waals surface area contributed by atoms with Gasteiger partial charge in [-0.3, -0.25) is 4.79 Å². The fourth-order valence-electron chi connectivity index (χ4n) is 3.07. The summed E-state index contributed by atoms with van der Waals surface area (Å²) in [6.45, 7) is 3.28. The number of carbonyl (C=O) groups excluding carboxylic acids is 1. The fraction of sp³-hybridized carbons (Fsp3) is 0.227. The van der Waals surface area contributed by atoms with E-state index in [0.717, 1.165) is 0 Å². The average Bonchev–Trinajstić information content (AvgIpc) is 3.36. The lowest BCUT2D eigenvalue weighted by Crippen LogP contribution is -2.22. The Morgan fingerprint density at radius 2 is 2.06 bits per heavy atom. The van der Waals surface area contributed by atoms with E-state index in [2.05, 4.69) is 32.1 Å². The number of hydrogen-bond acceptors (Lipinski definition) is 8. The Morgan fingerprint density at radius 1 is 1.28 bits per heavy atom. The molecule has 0 aliphatic rings. The lowest BCUT2D eigenvalue weighted by Gasteiger charge is -2.11. The largest absolute Gasteiger partial charge is 0.372 e. The molecule has 0 aliphatic carbocycles. The highest BCUT2D eigenvalue weighted by atomic mass is 16.5. The van der Waals surface area contributed by atoms with E-state index in [1.807, 2.05) is 0 Å².